The quantitative estimate of drug-likeness (QED) is 0.731. The summed E-state index contributed by atoms with van der Waals surface area (Å²) in [5.74, 6) is 0. The van der Waals surface area contributed by atoms with Crippen LogP contribution in [-0.4, -0.2) is 39.0 Å². The molecular formula is C18H23BrN6. The number of aromatic amines is 1. The van der Waals surface area contributed by atoms with Crippen molar-refractivity contribution < 1.29 is 0 Å². The minimum absolute atomic E-state index is 0.335. The van der Waals surface area contributed by atoms with Crippen molar-refractivity contribution >= 4 is 27.0 Å². The molecule has 3 heterocycles. The molecule has 0 amide bonds. The van der Waals surface area contributed by atoms with E-state index in [2.05, 4.69) is 35.8 Å². The van der Waals surface area contributed by atoms with Crippen molar-refractivity contribution in [3.63, 3.8) is 0 Å². The third-order valence-electron chi connectivity index (χ3n) is 5.15. The van der Waals surface area contributed by atoms with Gasteiger partial charge >= 0.3 is 0 Å². The molecule has 1 unspecified atom stereocenters. The molecule has 4 rings (SSSR count). The molecule has 7 heteroatoms. The number of fused-ring (bicyclic) bond motifs is 1. The molecule has 1 aliphatic heterocycles. The standard InChI is InChI=1S/C18H23BrN6/c19-13-2-1-5-18(21,8-13)16-15-12(9-22-17(15)24-11-23-16)10-25-6-3-14(20)4-7-25/h1-2,5,9,11,14H,3-4,6-8,10,20-21H2,(H,22,23,24). The molecule has 5 N–H and O–H groups in total. The van der Waals surface area contributed by atoms with Crippen LogP contribution in [-0.2, 0) is 12.1 Å². The maximum Gasteiger partial charge on any atom is 0.141 e. The number of nitrogens with one attached hydrogen (secondary N) is 1. The molecule has 1 fully saturated rings. The van der Waals surface area contributed by atoms with Crippen molar-refractivity contribution in [2.45, 2.75) is 37.4 Å². The lowest BCUT2D eigenvalue weighted by molar-refractivity contribution is 0.206. The summed E-state index contributed by atoms with van der Waals surface area (Å²) in [7, 11) is 0. The van der Waals surface area contributed by atoms with Crippen LogP contribution in [0.1, 0.15) is 30.5 Å². The van der Waals surface area contributed by atoms with Gasteiger partial charge in [-0.1, -0.05) is 34.2 Å². The molecule has 132 valence electrons. The highest BCUT2D eigenvalue weighted by Crippen LogP contribution is 2.36. The second-order valence-electron chi connectivity index (χ2n) is 7.06. The van der Waals surface area contributed by atoms with Crippen molar-refractivity contribution in [3.05, 3.63) is 46.5 Å². The van der Waals surface area contributed by atoms with Gasteiger partial charge in [0.25, 0.3) is 0 Å². The van der Waals surface area contributed by atoms with Crippen molar-refractivity contribution in [1.82, 2.24) is 19.9 Å². The Morgan fingerprint density at radius 2 is 2.12 bits per heavy atom. The van der Waals surface area contributed by atoms with Crippen LogP contribution in [0.15, 0.2) is 35.2 Å². The van der Waals surface area contributed by atoms with Crippen LogP contribution in [0, 0.1) is 0 Å². The molecule has 2 aromatic rings. The molecule has 0 aromatic carbocycles. The molecule has 1 atom stereocenters. The fourth-order valence-electron chi connectivity index (χ4n) is 3.74. The maximum atomic E-state index is 6.72. The molecule has 6 nitrogen and oxygen atoms in total. The first-order chi connectivity index (χ1) is 12.0. The van der Waals surface area contributed by atoms with E-state index in [1.54, 1.807) is 6.33 Å². The maximum absolute atomic E-state index is 6.72. The van der Waals surface area contributed by atoms with Crippen LogP contribution in [0.5, 0.6) is 0 Å². The molecule has 0 spiro atoms. The van der Waals surface area contributed by atoms with Crippen LogP contribution >= 0.6 is 15.9 Å². The second-order valence-corrected chi connectivity index (χ2v) is 8.08. The summed E-state index contributed by atoms with van der Waals surface area (Å²) < 4.78 is 1.08. The first-order valence-corrected chi connectivity index (χ1v) is 9.46. The van der Waals surface area contributed by atoms with Gasteiger partial charge in [0, 0.05) is 30.6 Å². The lowest BCUT2D eigenvalue weighted by Gasteiger charge is -2.31. The van der Waals surface area contributed by atoms with Crippen molar-refractivity contribution in [1.29, 1.82) is 0 Å². The summed E-state index contributed by atoms with van der Waals surface area (Å²) in [5.41, 5.74) is 15.0. The van der Waals surface area contributed by atoms with E-state index in [1.165, 1.54) is 5.56 Å². The van der Waals surface area contributed by atoms with E-state index in [0.29, 0.717) is 12.5 Å². The third kappa shape index (κ3) is 3.29. The van der Waals surface area contributed by atoms with Gasteiger partial charge < -0.3 is 16.5 Å². The van der Waals surface area contributed by atoms with Gasteiger partial charge in [-0.3, -0.25) is 4.90 Å². The number of nitrogens with zero attached hydrogens (tertiary/aromatic N) is 3. The van der Waals surface area contributed by atoms with Gasteiger partial charge in [-0.05, 0) is 36.0 Å². The van der Waals surface area contributed by atoms with Gasteiger partial charge in [0.05, 0.1) is 11.2 Å². The zero-order chi connectivity index (χ0) is 17.4. The Morgan fingerprint density at radius 3 is 2.88 bits per heavy atom. The number of likely N-dealkylation sites (tertiary alicyclic amines) is 1. The lowest BCUT2D eigenvalue weighted by atomic mass is 9.86. The number of halogens is 1. The topological polar surface area (TPSA) is 96.8 Å². The predicted octanol–water partition coefficient (Wildman–Crippen LogP) is 2.27. The Balaban J connectivity index is 1.70. The summed E-state index contributed by atoms with van der Waals surface area (Å²) in [6.45, 7) is 2.92. The van der Waals surface area contributed by atoms with E-state index >= 15 is 0 Å². The van der Waals surface area contributed by atoms with Crippen LogP contribution in [0.25, 0.3) is 11.0 Å². The number of rotatable bonds is 3. The Morgan fingerprint density at radius 1 is 1.32 bits per heavy atom. The second kappa shape index (κ2) is 6.64. The van der Waals surface area contributed by atoms with E-state index in [0.717, 1.165) is 53.7 Å². The summed E-state index contributed by atoms with van der Waals surface area (Å²) in [5, 5.41) is 1.05. The first kappa shape index (κ1) is 16.9. The number of nitrogens with two attached hydrogens (primary N) is 2. The molecule has 0 saturated carbocycles. The lowest BCUT2D eigenvalue weighted by Crippen LogP contribution is -2.39. The Hall–Kier alpha value is -1.54. The van der Waals surface area contributed by atoms with Gasteiger partial charge in [0.1, 0.15) is 12.0 Å². The van der Waals surface area contributed by atoms with E-state index in [1.807, 2.05) is 24.4 Å². The van der Waals surface area contributed by atoms with Crippen molar-refractivity contribution in [2.75, 3.05) is 13.1 Å². The van der Waals surface area contributed by atoms with E-state index in [4.69, 9.17) is 11.5 Å². The largest absolute Gasteiger partial charge is 0.346 e. The highest BCUT2D eigenvalue weighted by Gasteiger charge is 2.32. The Bertz CT molecular complexity index is 833. The Kier molecular flexibility index (Phi) is 4.49. The molecule has 0 radical (unpaired) electrons. The van der Waals surface area contributed by atoms with Gasteiger partial charge in [0.2, 0.25) is 0 Å². The van der Waals surface area contributed by atoms with E-state index in [9.17, 15) is 0 Å². The monoisotopic (exact) mass is 402 g/mol. The summed E-state index contributed by atoms with van der Waals surface area (Å²) in [4.78, 5) is 14.7. The average Bonchev–Trinajstić information content (AvgIpc) is 3.00. The highest BCUT2D eigenvalue weighted by atomic mass is 79.9. The molecule has 1 saturated heterocycles. The molecule has 1 aliphatic carbocycles. The van der Waals surface area contributed by atoms with E-state index < -0.39 is 5.54 Å². The normalized spacial score (nSPS) is 25.5. The highest BCUT2D eigenvalue weighted by molar-refractivity contribution is 9.11. The minimum atomic E-state index is -0.629. The van der Waals surface area contributed by atoms with Gasteiger partial charge in [-0.15, -0.1) is 0 Å². The SMILES string of the molecule is NC1CCN(Cc2c[nH]c3ncnc(C4(N)C=CC=C(Br)C4)c23)CC1. The molecule has 2 aliphatic rings. The summed E-state index contributed by atoms with van der Waals surface area (Å²) in [6.07, 6.45) is 12.5. The third-order valence-corrected chi connectivity index (χ3v) is 5.70. The smallest absolute Gasteiger partial charge is 0.141 e. The van der Waals surface area contributed by atoms with Crippen molar-refractivity contribution in [2.24, 2.45) is 11.5 Å². The number of hydrogen-bond acceptors (Lipinski definition) is 5. The molecule has 0 bridgehead atoms. The zero-order valence-electron chi connectivity index (χ0n) is 14.1. The Labute approximate surface area is 155 Å². The molecule has 25 heavy (non-hydrogen) atoms. The van der Waals surface area contributed by atoms with Crippen LogP contribution in [0.4, 0.5) is 0 Å². The van der Waals surface area contributed by atoms with Crippen LogP contribution in [0.2, 0.25) is 0 Å². The average molecular weight is 403 g/mol. The van der Waals surface area contributed by atoms with Crippen molar-refractivity contribution in [3.8, 4) is 0 Å². The van der Waals surface area contributed by atoms with Crippen LogP contribution in [0.3, 0.4) is 0 Å². The van der Waals surface area contributed by atoms with Gasteiger partial charge in [0.15, 0.2) is 0 Å². The van der Waals surface area contributed by atoms with Crippen LogP contribution < -0.4 is 11.5 Å². The molecule has 2 aromatic heterocycles. The number of hydrogen-bond donors (Lipinski definition) is 3. The summed E-state index contributed by atoms with van der Waals surface area (Å²) >= 11 is 3.58. The first-order valence-electron chi connectivity index (χ1n) is 8.67. The minimum Gasteiger partial charge on any atom is -0.346 e. The summed E-state index contributed by atoms with van der Waals surface area (Å²) in [6, 6.07) is 0.335. The fourth-order valence-corrected chi connectivity index (χ4v) is 4.36. The predicted molar refractivity (Wildman–Crippen MR) is 103 cm³/mol. The number of H-pyrrole nitrogens is 1. The number of allylic oxidation sites excluding steroid dienone is 2. The van der Waals surface area contributed by atoms with Gasteiger partial charge in [-0.25, -0.2) is 9.97 Å². The zero-order valence-corrected chi connectivity index (χ0v) is 15.7. The number of aromatic nitrogens is 3. The van der Waals surface area contributed by atoms with E-state index in [-0.39, 0.29) is 0 Å². The fraction of sp³-hybridized carbons (Fsp3) is 0.444. The molecular weight excluding hydrogens is 380 g/mol. The van der Waals surface area contributed by atoms with Gasteiger partial charge in [-0.2, -0.15) is 0 Å². The number of piperidine rings is 1.